The molecule has 1 aromatic heterocycles. The first-order valence-electron chi connectivity index (χ1n) is 8.51. The molecular weight excluding hydrogens is 348 g/mol. The maximum absolute atomic E-state index is 13.0. The van der Waals surface area contributed by atoms with E-state index in [1.54, 1.807) is 18.5 Å². The largest absolute Gasteiger partial charge is 0.494 e. The molecule has 0 N–H and O–H groups in total. The number of benzene rings is 1. The third-order valence-electron chi connectivity index (χ3n) is 3.93. The molecule has 1 aromatic carbocycles. The Kier molecular flexibility index (Phi) is 5.73. The summed E-state index contributed by atoms with van der Waals surface area (Å²) in [5, 5.41) is 0. The Morgan fingerprint density at radius 1 is 1.08 bits per heavy atom. The molecule has 6 heteroatoms. The predicted octanol–water partition coefficient (Wildman–Crippen LogP) is 3.51. The second-order valence-corrected chi connectivity index (χ2v) is 6.93. The molecule has 26 heavy (non-hydrogen) atoms. The van der Waals surface area contributed by atoms with Gasteiger partial charge in [-0.25, -0.2) is 0 Å². The summed E-state index contributed by atoms with van der Waals surface area (Å²) in [6, 6.07) is 11.0. The zero-order valence-corrected chi connectivity index (χ0v) is 15.6. The van der Waals surface area contributed by atoms with Gasteiger partial charge in [0.15, 0.2) is 0 Å². The first-order chi connectivity index (χ1) is 12.7. The van der Waals surface area contributed by atoms with E-state index in [-0.39, 0.29) is 18.4 Å². The van der Waals surface area contributed by atoms with Gasteiger partial charge in [-0.1, -0.05) is 25.1 Å². The van der Waals surface area contributed by atoms with Crippen molar-refractivity contribution in [3.8, 4) is 5.75 Å². The average molecular weight is 368 g/mol. The summed E-state index contributed by atoms with van der Waals surface area (Å²) in [4.78, 5) is 31.7. The number of nitrogens with zero attached hydrogens (tertiary/aromatic N) is 2. The molecule has 134 valence electrons. The van der Waals surface area contributed by atoms with E-state index in [9.17, 15) is 9.59 Å². The Morgan fingerprint density at radius 3 is 2.46 bits per heavy atom. The minimum Gasteiger partial charge on any atom is -0.494 e. The van der Waals surface area contributed by atoms with Crippen molar-refractivity contribution in [3.63, 3.8) is 0 Å². The van der Waals surface area contributed by atoms with Crippen molar-refractivity contribution in [1.82, 2.24) is 9.88 Å². The summed E-state index contributed by atoms with van der Waals surface area (Å²) in [6.07, 6.45) is 3.33. The highest BCUT2D eigenvalue weighted by atomic mass is 32.2. The van der Waals surface area contributed by atoms with Crippen LogP contribution in [0.2, 0.25) is 0 Å². The summed E-state index contributed by atoms with van der Waals surface area (Å²) < 4.78 is 5.46. The second kappa shape index (κ2) is 8.19. The molecule has 5 nitrogen and oxygen atoms in total. The van der Waals surface area contributed by atoms with E-state index in [2.05, 4.69) is 4.98 Å². The molecule has 0 spiro atoms. The van der Waals surface area contributed by atoms with Crippen LogP contribution in [0.5, 0.6) is 5.75 Å². The monoisotopic (exact) mass is 368 g/mol. The molecule has 2 amide bonds. The number of amides is 2. The topological polar surface area (TPSA) is 59.5 Å². The molecule has 1 aliphatic rings. The highest BCUT2D eigenvalue weighted by molar-refractivity contribution is 8.04. The molecule has 0 bridgehead atoms. The molecule has 0 unspecified atom stereocenters. The van der Waals surface area contributed by atoms with Gasteiger partial charge in [0.2, 0.25) is 0 Å². The number of ether oxygens (including phenoxy) is 1. The number of carbonyl (C=O) groups is 2. The Labute approximate surface area is 157 Å². The quantitative estimate of drug-likeness (QED) is 0.700. The van der Waals surface area contributed by atoms with Crippen molar-refractivity contribution >= 4 is 29.1 Å². The van der Waals surface area contributed by atoms with Gasteiger partial charge in [0.05, 0.1) is 23.6 Å². The van der Waals surface area contributed by atoms with Crippen LogP contribution in [-0.2, 0) is 16.1 Å². The summed E-state index contributed by atoms with van der Waals surface area (Å²) >= 11 is 1.40. The Morgan fingerprint density at radius 2 is 1.85 bits per heavy atom. The zero-order valence-electron chi connectivity index (χ0n) is 14.8. The lowest BCUT2D eigenvalue weighted by Crippen LogP contribution is -2.31. The van der Waals surface area contributed by atoms with E-state index >= 15 is 0 Å². The van der Waals surface area contributed by atoms with Crippen LogP contribution in [0.4, 0.5) is 0 Å². The number of hydrogen-bond donors (Lipinski definition) is 0. The minimum atomic E-state index is -0.265. The Bertz CT molecular complexity index is 832. The molecule has 0 atom stereocenters. The molecule has 3 rings (SSSR count). The van der Waals surface area contributed by atoms with Crippen LogP contribution in [0.3, 0.4) is 0 Å². The number of carbonyl (C=O) groups excluding carboxylic acids is 2. The van der Waals surface area contributed by atoms with E-state index in [0.29, 0.717) is 17.1 Å². The van der Waals surface area contributed by atoms with E-state index < -0.39 is 0 Å². The van der Waals surface area contributed by atoms with Crippen LogP contribution >= 0.6 is 11.8 Å². The van der Waals surface area contributed by atoms with Crippen molar-refractivity contribution in [2.45, 2.75) is 20.4 Å². The standard InChI is InChI=1S/C20H20N2O3S/c1-3-25-16-9-7-15(8-10-16)17-18(26-4-2)20(24)22(19(17)23)13-14-6-5-11-21-12-14/h5-12H,3-4,13H2,1-2H3. The molecule has 0 aliphatic carbocycles. The van der Waals surface area contributed by atoms with Crippen LogP contribution < -0.4 is 4.74 Å². The summed E-state index contributed by atoms with van der Waals surface area (Å²) in [5.74, 6) is 0.953. The van der Waals surface area contributed by atoms with Gasteiger partial charge in [-0.2, -0.15) is 0 Å². The predicted molar refractivity (Wildman–Crippen MR) is 102 cm³/mol. The number of hydrogen-bond acceptors (Lipinski definition) is 5. The first kappa shape index (κ1) is 18.2. The summed E-state index contributed by atoms with van der Waals surface area (Å²) in [5.41, 5.74) is 2.02. The fraction of sp³-hybridized carbons (Fsp3) is 0.250. The average Bonchev–Trinajstić information content (AvgIpc) is 2.89. The van der Waals surface area contributed by atoms with E-state index in [1.165, 1.54) is 16.7 Å². The highest BCUT2D eigenvalue weighted by Gasteiger charge is 2.38. The molecule has 0 saturated carbocycles. The van der Waals surface area contributed by atoms with Gasteiger partial charge in [0.25, 0.3) is 11.8 Å². The SMILES string of the molecule is CCOc1ccc(C2=C(SCC)C(=O)N(Cc3cccnc3)C2=O)cc1. The molecule has 2 heterocycles. The maximum atomic E-state index is 13.0. The van der Waals surface area contributed by atoms with Crippen LogP contribution in [0.25, 0.3) is 5.57 Å². The Hall–Kier alpha value is -2.60. The van der Waals surface area contributed by atoms with E-state index in [4.69, 9.17) is 4.74 Å². The molecule has 1 aliphatic heterocycles. The van der Waals surface area contributed by atoms with Crippen LogP contribution in [-0.4, -0.2) is 34.1 Å². The molecule has 0 saturated heterocycles. The number of pyridine rings is 1. The summed E-state index contributed by atoms with van der Waals surface area (Å²) in [7, 11) is 0. The van der Waals surface area contributed by atoms with Gasteiger partial charge in [0, 0.05) is 12.4 Å². The highest BCUT2D eigenvalue weighted by Crippen LogP contribution is 2.37. The van der Waals surface area contributed by atoms with E-state index in [1.807, 2.05) is 44.2 Å². The van der Waals surface area contributed by atoms with E-state index in [0.717, 1.165) is 22.6 Å². The normalized spacial score (nSPS) is 14.3. The molecular formula is C20H20N2O3S. The lowest BCUT2D eigenvalue weighted by molar-refractivity contribution is -0.137. The smallest absolute Gasteiger partial charge is 0.268 e. The number of rotatable bonds is 7. The van der Waals surface area contributed by atoms with Gasteiger partial charge in [-0.15, -0.1) is 11.8 Å². The maximum Gasteiger partial charge on any atom is 0.268 e. The van der Waals surface area contributed by atoms with Crippen molar-refractivity contribution in [1.29, 1.82) is 0 Å². The number of aromatic nitrogens is 1. The molecule has 0 fully saturated rings. The van der Waals surface area contributed by atoms with Crippen LogP contribution in [0, 0.1) is 0 Å². The Balaban J connectivity index is 1.92. The lowest BCUT2D eigenvalue weighted by atomic mass is 10.1. The fourth-order valence-corrected chi connectivity index (χ4v) is 3.66. The second-order valence-electron chi connectivity index (χ2n) is 5.65. The van der Waals surface area contributed by atoms with Crippen molar-refractivity contribution in [3.05, 3.63) is 64.8 Å². The fourth-order valence-electron chi connectivity index (χ4n) is 2.79. The van der Waals surface area contributed by atoms with Gasteiger partial charge in [-0.05, 0) is 42.0 Å². The third-order valence-corrected chi connectivity index (χ3v) is 4.89. The van der Waals surface area contributed by atoms with Gasteiger partial charge >= 0.3 is 0 Å². The van der Waals surface area contributed by atoms with Gasteiger partial charge in [0.1, 0.15) is 5.75 Å². The van der Waals surface area contributed by atoms with Crippen molar-refractivity contribution in [2.24, 2.45) is 0 Å². The van der Waals surface area contributed by atoms with Crippen molar-refractivity contribution < 1.29 is 14.3 Å². The van der Waals surface area contributed by atoms with Gasteiger partial charge < -0.3 is 4.74 Å². The molecule has 2 aromatic rings. The van der Waals surface area contributed by atoms with Crippen molar-refractivity contribution in [2.75, 3.05) is 12.4 Å². The first-order valence-corrected chi connectivity index (χ1v) is 9.49. The number of imide groups is 1. The minimum absolute atomic E-state index is 0.222. The van der Waals surface area contributed by atoms with Crippen LogP contribution in [0.15, 0.2) is 53.7 Å². The third kappa shape index (κ3) is 3.65. The number of thioether (sulfide) groups is 1. The molecule has 0 radical (unpaired) electrons. The lowest BCUT2D eigenvalue weighted by Gasteiger charge is -2.15. The summed E-state index contributed by atoms with van der Waals surface area (Å²) in [6.45, 7) is 4.69. The van der Waals surface area contributed by atoms with Crippen LogP contribution in [0.1, 0.15) is 25.0 Å². The zero-order chi connectivity index (χ0) is 18.5. The van der Waals surface area contributed by atoms with Gasteiger partial charge in [-0.3, -0.25) is 19.5 Å².